The normalized spacial score (nSPS) is 12.0. The summed E-state index contributed by atoms with van der Waals surface area (Å²) in [7, 11) is -5.04. The van der Waals surface area contributed by atoms with Crippen LogP contribution < -0.4 is 10.5 Å². The lowest BCUT2D eigenvalue weighted by atomic mass is 10.2. The maximum atomic E-state index is 12.3. The van der Waals surface area contributed by atoms with Crippen LogP contribution in [0.15, 0.2) is 50.8 Å². The van der Waals surface area contributed by atoms with Crippen LogP contribution >= 0.6 is 0 Å². The Bertz CT molecular complexity index is 1120. The number of ether oxygens (including phenoxy) is 1. The molecule has 2 rings (SSSR count). The molecule has 0 aliphatic carbocycles. The largest absolute Gasteiger partial charge is 0.450 e. The lowest BCUT2D eigenvalue weighted by Crippen LogP contribution is -2.30. The number of nitrogens with one attached hydrogen (secondary N) is 1. The first-order chi connectivity index (χ1) is 13.4. The Morgan fingerprint density at radius 1 is 1.10 bits per heavy atom. The zero-order chi connectivity index (χ0) is 21.8. The average molecular weight is 445 g/mol. The summed E-state index contributed by atoms with van der Waals surface area (Å²) in [5.74, 6) is -2.21. The lowest BCUT2D eigenvalue weighted by molar-refractivity contribution is -0.124. The molecule has 0 bridgehead atoms. The molecule has 13 heteroatoms. The quantitative estimate of drug-likeness (QED) is 0.520. The van der Waals surface area contributed by atoms with Gasteiger partial charge in [-0.05, 0) is 23.8 Å². The maximum absolute atomic E-state index is 12.3. The van der Waals surface area contributed by atoms with Gasteiger partial charge >= 0.3 is 5.97 Å². The molecule has 1 heterocycles. The fourth-order valence-electron chi connectivity index (χ4n) is 2.13. The Hall–Kier alpha value is -2.74. The van der Waals surface area contributed by atoms with Crippen LogP contribution in [0.3, 0.4) is 0 Å². The van der Waals surface area contributed by atoms with Crippen molar-refractivity contribution in [2.24, 2.45) is 5.14 Å². The van der Waals surface area contributed by atoms with Gasteiger partial charge in [0.2, 0.25) is 20.9 Å². The molecule has 0 saturated carbocycles. The van der Waals surface area contributed by atoms with Crippen molar-refractivity contribution in [3.63, 3.8) is 0 Å². The summed E-state index contributed by atoms with van der Waals surface area (Å²) in [6.07, 6.45) is 0. The summed E-state index contributed by atoms with van der Waals surface area (Å²) in [6, 6.07) is 8.16. The molecule has 0 aliphatic heterocycles. The molecule has 0 radical (unpaired) electrons. The van der Waals surface area contributed by atoms with Gasteiger partial charge in [0.15, 0.2) is 6.61 Å². The van der Waals surface area contributed by atoms with E-state index >= 15 is 0 Å². The minimum atomic E-state index is -4.11. The van der Waals surface area contributed by atoms with Gasteiger partial charge in [0.1, 0.15) is 0 Å². The number of hydrogen-bond acceptors (Lipinski definition) is 8. The Morgan fingerprint density at radius 2 is 1.76 bits per heavy atom. The topological polar surface area (TPSA) is 166 Å². The second-order valence-electron chi connectivity index (χ2n) is 5.91. The Labute approximate surface area is 167 Å². The number of furan rings is 1. The molecule has 2 aromatic rings. The van der Waals surface area contributed by atoms with Gasteiger partial charge in [0.25, 0.3) is 15.9 Å². The molecule has 0 fully saturated rings. The van der Waals surface area contributed by atoms with Gasteiger partial charge in [-0.25, -0.2) is 31.1 Å². The molecule has 1 amide bonds. The number of carbonyl (C=O) groups excluding carboxylic acids is 2. The number of nitrogens with two attached hydrogens (primary N) is 1. The van der Waals surface area contributed by atoms with Crippen LogP contribution in [0.5, 0.6) is 0 Å². The van der Waals surface area contributed by atoms with Gasteiger partial charge in [-0.15, -0.1) is 0 Å². The van der Waals surface area contributed by atoms with E-state index in [1.807, 2.05) is 0 Å². The van der Waals surface area contributed by atoms with Gasteiger partial charge in [-0.2, -0.15) is 0 Å². The highest BCUT2D eigenvalue weighted by Gasteiger charge is 2.22. The van der Waals surface area contributed by atoms with E-state index in [0.29, 0.717) is 5.56 Å². The fraction of sp³-hybridized carbons (Fsp3) is 0.250. The molecule has 0 aliphatic rings. The van der Waals surface area contributed by atoms with Crippen LogP contribution in [-0.2, 0) is 36.1 Å². The second-order valence-corrected chi connectivity index (χ2v) is 9.52. The minimum Gasteiger partial charge on any atom is -0.450 e. The van der Waals surface area contributed by atoms with Crippen LogP contribution in [0, 0.1) is 0 Å². The highest BCUT2D eigenvalue weighted by Crippen LogP contribution is 2.18. The summed E-state index contributed by atoms with van der Waals surface area (Å²) < 4.78 is 57.4. The van der Waals surface area contributed by atoms with Crippen molar-refractivity contribution in [1.82, 2.24) is 9.62 Å². The second kappa shape index (κ2) is 8.73. The number of esters is 1. The van der Waals surface area contributed by atoms with Crippen molar-refractivity contribution in [3.05, 3.63) is 47.7 Å². The third-order valence-electron chi connectivity index (χ3n) is 3.60. The number of rotatable bonds is 8. The predicted octanol–water partition coefficient (Wildman–Crippen LogP) is -0.349. The first-order valence-corrected chi connectivity index (χ1v) is 11.0. The molecular formula is C16H19N3O8S2. The van der Waals surface area contributed by atoms with E-state index in [4.69, 9.17) is 14.3 Å². The first kappa shape index (κ1) is 22.5. The molecule has 11 nitrogen and oxygen atoms in total. The Kier molecular flexibility index (Phi) is 6.79. The first-order valence-electron chi connectivity index (χ1n) is 8.00. The molecule has 3 N–H and O–H groups in total. The SMILES string of the molecule is CN(C)S(=O)(=O)c1ccccc1CNC(=O)COC(=O)c1ccc(S(N)(=O)=O)o1. The number of carbonyl (C=O) groups is 2. The van der Waals surface area contributed by atoms with Crippen LogP contribution in [0.4, 0.5) is 0 Å². The van der Waals surface area contributed by atoms with Crippen molar-refractivity contribution >= 4 is 31.9 Å². The Morgan fingerprint density at radius 3 is 2.34 bits per heavy atom. The molecule has 0 saturated heterocycles. The van der Waals surface area contributed by atoms with E-state index in [0.717, 1.165) is 16.4 Å². The van der Waals surface area contributed by atoms with Crippen molar-refractivity contribution in [1.29, 1.82) is 0 Å². The van der Waals surface area contributed by atoms with E-state index in [1.54, 1.807) is 18.2 Å². The van der Waals surface area contributed by atoms with Crippen LogP contribution in [-0.4, -0.2) is 53.7 Å². The standard InChI is InChI=1S/C16H19N3O8S2/c1-19(2)29(24,25)13-6-4-3-5-11(13)9-18-14(20)10-26-16(21)12-7-8-15(27-12)28(17,22)23/h3-8H,9-10H2,1-2H3,(H,18,20)(H2,17,22,23). The minimum absolute atomic E-state index is 0.0356. The van der Waals surface area contributed by atoms with Crippen molar-refractivity contribution in [2.75, 3.05) is 20.7 Å². The highest BCUT2D eigenvalue weighted by molar-refractivity contribution is 7.89. The number of amides is 1. The van der Waals surface area contributed by atoms with E-state index in [1.165, 1.54) is 20.2 Å². The summed E-state index contributed by atoms with van der Waals surface area (Å²) in [4.78, 5) is 23.8. The summed E-state index contributed by atoms with van der Waals surface area (Å²) in [6.45, 7) is -0.803. The van der Waals surface area contributed by atoms with Crippen molar-refractivity contribution < 1.29 is 35.6 Å². The van der Waals surface area contributed by atoms with Gasteiger partial charge < -0.3 is 14.5 Å². The van der Waals surface area contributed by atoms with Gasteiger partial charge in [0, 0.05) is 20.6 Å². The van der Waals surface area contributed by atoms with Gasteiger partial charge in [-0.3, -0.25) is 4.79 Å². The number of primary sulfonamides is 1. The van der Waals surface area contributed by atoms with E-state index < -0.39 is 49.4 Å². The van der Waals surface area contributed by atoms with Crippen molar-refractivity contribution in [2.45, 2.75) is 16.5 Å². The van der Waals surface area contributed by atoms with E-state index in [-0.39, 0.29) is 11.4 Å². The average Bonchev–Trinajstić information content (AvgIpc) is 3.15. The third kappa shape index (κ3) is 5.63. The molecule has 0 unspecified atom stereocenters. The summed E-state index contributed by atoms with van der Waals surface area (Å²) in [5.41, 5.74) is 0.352. The molecule has 158 valence electrons. The third-order valence-corrected chi connectivity index (χ3v) is 6.30. The van der Waals surface area contributed by atoms with Crippen LogP contribution in [0.25, 0.3) is 0 Å². The zero-order valence-corrected chi connectivity index (χ0v) is 17.1. The predicted molar refractivity (Wildman–Crippen MR) is 99.5 cm³/mol. The smallest absolute Gasteiger partial charge is 0.374 e. The highest BCUT2D eigenvalue weighted by atomic mass is 32.2. The molecule has 29 heavy (non-hydrogen) atoms. The Balaban J connectivity index is 1.96. The van der Waals surface area contributed by atoms with E-state index in [9.17, 15) is 26.4 Å². The van der Waals surface area contributed by atoms with E-state index in [2.05, 4.69) is 5.32 Å². The molecule has 0 atom stereocenters. The number of nitrogens with zero attached hydrogens (tertiary/aromatic N) is 1. The van der Waals surface area contributed by atoms with Crippen molar-refractivity contribution in [3.8, 4) is 0 Å². The molecule has 1 aromatic carbocycles. The molecular weight excluding hydrogens is 426 g/mol. The lowest BCUT2D eigenvalue weighted by Gasteiger charge is -2.15. The van der Waals surface area contributed by atoms with Crippen LogP contribution in [0.1, 0.15) is 16.1 Å². The van der Waals surface area contributed by atoms with Gasteiger partial charge in [-0.1, -0.05) is 18.2 Å². The molecule has 1 aromatic heterocycles. The van der Waals surface area contributed by atoms with Crippen LogP contribution in [0.2, 0.25) is 0 Å². The van der Waals surface area contributed by atoms with Gasteiger partial charge in [0.05, 0.1) is 4.90 Å². The fourth-order valence-corrected chi connectivity index (χ4v) is 3.71. The molecule has 0 spiro atoms. The number of sulfonamides is 2. The maximum Gasteiger partial charge on any atom is 0.374 e. The summed E-state index contributed by atoms with van der Waals surface area (Å²) >= 11 is 0. The zero-order valence-electron chi connectivity index (χ0n) is 15.5. The monoisotopic (exact) mass is 445 g/mol. The number of hydrogen-bond donors (Lipinski definition) is 2. The summed E-state index contributed by atoms with van der Waals surface area (Å²) in [5, 5.41) is 6.69. The number of benzene rings is 1.